The van der Waals surface area contributed by atoms with Gasteiger partial charge in [0.1, 0.15) is 46.2 Å². The molecule has 2 radical (unpaired) electrons. The maximum absolute atomic E-state index is 11.4. The molecule has 0 aromatic heterocycles. The Morgan fingerprint density at radius 1 is 0.393 bits per heavy atom. The van der Waals surface area contributed by atoms with Gasteiger partial charge in [0.15, 0.2) is 19.8 Å². The van der Waals surface area contributed by atoms with Crippen LogP contribution in [0, 0.1) is 0 Å². The predicted molar refractivity (Wildman–Crippen MR) is 227 cm³/mol. The molecule has 1 aliphatic rings. The quantitative estimate of drug-likeness (QED) is 0.0664. The van der Waals surface area contributed by atoms with E-state index in [4.69, 9.17) is 29.9 Å². The summed E-state index contributed by atoms with van der Waals surface area (Å²) in [6.45, 7) is -3.24. The second kappa shape index (κ2) is 75.2. The number of rotatable bonds is 22. The van der Waals surface area contributed by atoms with E-state index in [0.29, 0.717) is 38.5 Å². The molecule has 1 fully saturated rings. The van der Waals surface area contributed by atoms with Crippen LogP contribution in [0.25, 0.3) is 0 Å². The number of aliphatic hydroxyl groups is 4. The Labute approximate surface area is 419 Å². The summed E-state index contributed by atoms with van der Waals surface area (Å²) in [5, 5.41) is 33.6. The van der Waals surface area contributed by atoms with Gasteiger partial charge in [-0.3, -0.25) is 9.59 Å². The third-order valence-corrected chi connectivity index (χ3v) is 4.99. The molecule has 22 heteroatoms. The Morgan fingerprint density at radius 3 is 1.02 bits per heavy atom. The fourth-order valence-corrected chi connectivity index (χ4v) is 2.74. The minimum atomic E-state index is -0.940. The summed E-state index contributed by atoms with van der Waals surface area (Å²) >= 11 is 0. The molecule has 0 aromatic carbocycles. The summed E-state index contributed by atoms with van der Waals surface area (Å²) in [4.78, 5) is 85.3. The van der Waals surface area contributed by atoms with E-state index in [1.807, 2.05) is 0 Å². The summed E-state index contributed by atoms with van der Waals surface area (Å²) in [5.74, 6) is -4.94. The first-order valence-corrected chi connectivity index (χ1v) is 14.7. The molecule has 1 saturated heterocycles. The van der Waals surface area contributed by atoms with Gasteiger partial charge in [0, 0.05) is 84.9 Å². The van der Waals surface area contributed by atoms with Crippen LogP contribution >= 0.6 is 0 Å². The minimum absolute atomic E-state index is 0. The van der Waals surface area contributed by atoms with Crippen molar-refractivity contribution >= 4 is 47.8 Å². The third-order valence-electron chi connectivity index (χ3n) is 4.99. The van der Waals surface area contributed by atoms with Crippen LogP contribution in [0.4, 0.5) is 0 Å². The number of hydrogen-bond donors (Lipinski definition) is 4. The predicted octanol–water partition coefficient (Wildman–Crippen LogP) is 4.40. The van der Waals surface area contributed by atoms with Gasteiger partial charge in [0.25, 0.3) is 0 Å². The molecule has 0 saturated carbocycles. The van der Waals surface area contributed by atoms with Gasteiger partial charge in [-0.1, -0.05) is 88.1 Å². The van der Waals surface area contributed by atoms with Crippen LogP contribution in [0.1, 0.15) is 133 Å². The van der Waals surface area contributed by atoms with Gasteiger partial charge >= 0.3 is 47.8 Å². The molecule has 4 N–H and O–H groups in total. The second-order valence-corrected chi connectivity index (χ2v) is 8.90. The van der Waals surface area contributed by atoms with Gasteiger partial charge in [-0.15, -0.1) is 0 Å². The fraction of sp³-hybridized carbons (Fsp3) is 0.795. The van der Waals surface area contributed by atoms with Crippen LogP contribution in [-0.2, 0) is 142 Å². The molecule has 1 heterocycles. The Balaban J connectivity index is -0.0000000391. The van der Waals surface area contributed by atoms with Crippen molar-refractivity contribution in [3.05, 3.63) is 0 Å². The summed E-state index contributed by atoms with van der Waals surface area (Å²) in [6, 6.07) is 0. The number of carbonyl (C=O) groups is 8. The molecule has 1 rings (SSSR count). The molecule has 0 bridgehead atoms. The zero-order valence-corrected chi connectivity index (χ0v) is 33.3. The van der Waals surface area contributed by atoms with E-state index < -0.39 is 68.2 Å². The van der Waals surface area contributed by atoms with Crippen molar-refractivity contribution in [1.82, 2.24) is 0 Å². The van der Waals surface area contributed by atoms with Crippen molar-refractivity contribution in [2.24, 2.45) is 0 Å². The van der Waals surface area contributed by atoms with Crippen molar-refractivity contribution in [2.45, 2.75) is 133 Å². The van der Waals surface area contributed by atoms with Crippen molar-refractivity contribution in [1.29, 1.82) is 0 Å². The topological polar surface area (TPSA) is 291 Å². The molecule has 0 spiro atoms. The SMILES string of the molecule is C.C.C.C.C.C.C.C.C.C.C.O=C(CO)OCCCCCC(=O)OCCOC(=O)COC(=O)CO.O=C(CO)OCCOC(=O)CCCCCO.O=C1COC(=O)CO1.[Y].[Y]. The summed E-state index contributed by atoms with van der Waals surface area (Å²) in [5.41, 5.74) is 0. The molecule has 0 atom stereocenters. The smallest absolute Gasteiger partial charge is 0.344 e. The molecule has 61 heavy (non-hydrogen) atoms. The van der Waals surface area contributed by atoms with Crippen molar-refractivity contribution < 1.29 is 162 Å². The summed E-state index contributed by atoms with van der Waals surface area (Å²) in [7, 11) is 0. The Morgan fingerprint density at radius 2 is 0.689 bits per heavy atom. The Kier molecular flexibility index (Phi) is 126. The van der Waals surface area contributed by atoms with Crippen molar-refractivity contribution in [3.63, 3.8) is 0 Å². The minimum Gasteiger partial charge on any atom is -0.464 e. The van der Waals surface area contributed by atoms with E-state index in [1.54, 1.807) is 0 Å². The number of carbonyl (C=O) groups excluding carboxylic acids is 8. The summed E-state index contributed by atoms with van der Waals surface area (Å²) in [6.07, 6.45) is 4.39. The number of unbranched alkanes of at least 4 members (excludes halogenated alkanes) is 4. The largest absolute Gasteiger partial charge is 0.464 e. The zero-order chi connectivity index (χ0) is 36.4. The van der Waals surface area contributed by atoms with Crippen LogP contribution < -0.4 is 0 Å². The molecular formula is C39H88O20Y2. The normalized spacial score (nSPS) is 9.05. The number of cyclic esters (lactones) is 2. The molecule has 370 valence electrons. The fourth-order valence-electron chi connectivity index (χ4n) is 2.74. The van der Waals surface area contributed by atoms with Crippen LogP contribution in [0.2, 0.25) is 0 Å². The average Bonchev–Trinajstić information content (AvgIpc) is 3.08. The van der Waals surface area contributed by atoms with E-state index in [2.05, 4.69) is 28.4 Å². The summed E-state index contributed by atoms with van der Waals surface area (Å²) < 4.78 is 36.2. The molecule has 1 aliphatic heterocycles. The first kappa shape index (κ1) is 102. The maximum Gasteiger partial charge on any atom is 0.344 e. The first-order valence-electron chi connectivity index (χ1n) is 14.7. The van der Waals surface area contributed by atoms with E-state index >= 15 is 0 Å². The molecule has 0 unspecified atom stereocenters. The standard InChI is InChI=1S/C14H22O10.C10H18O6.C4H4O4.11CH4.2Y/c15-8-12(18)21-5-3-1-2-4-11(17)22-6-7-23-14(20)10-24-13(19)9-16;11-5-3-1-2-4-9(13)15-6-7-16-10(14)8-12;5-3-1-7-4(6)2-8-3;;;;;;;;;;;;;/h15-16H,1-10H2;11-12H,1-8H2;1-2H2;11*1H4;;. The second-order valence-electron chi connectivity index (χ2n) is 8.90. The van der Waals surface area contributed by atoms with Gasteiger partial charge in [-0.2, -0.15) is 0 Å². The number of esters is 8. The van der Waals surface area contributed by atoms with Crippen LogP contribution in [0.3, 0.4) is 0 Å². The molecule has 20 nitrogen and oxygen atoms in total. The van der Waals surface area contributed by atoms with Gasteiger partial charge in [-0.05, 0) is 32.1 Å². The number of ether oxygens (including phenoxy) is 8. The van der Waals surface area contributed by atoms with Crippen molar-refractivity contribution in [2.75, 3.05) is 79.3 Å². The van der Waals surface area contributed by atoms with E-state index in [0.717, 1.165) is 6.42 Å². The molecule has 0 aromatic rings. The van der Waals surface area contributed by atoms with E-state index in [1.165, 1.54) is 0 Å². The maximum atomic E-state index is 11.4. The Hall–Kier alpha value is -2.19. The monoisotopic (exact) mass is 1050 g/mol. The third kappa shape index (κ3) is 78.8. The van der Waals surface area contributed by atoms with Gasteiger partial charge < -0.3 is 58.3 Å². The Bertz CT molecular complexity index is 957. The molecular weight excluding hydrogens is 966 g/mol. The molecule has 0 amide bonds. The van der Waals surface area contributed by atoms with Crippen LogP contribution in [0.15, 0.2) is 0 Å². The van der Waals surface area contributed by atoms with E-state index in [9.17, 15) is 38.4 Å². The van der Waals surface area contributed by atoms with Gasteiger partial charge in [0.05, 0.1) is 6.61 Å². The molecule has 0 aliphatic carbocycles. The van der Waals surface area contributed by atoms with Crippen LogP contribution in [-0.4, -0.2) is 147 Å². The van der Waals surface area contributed by atoms with Gasteiger partial charge in [0.2, 0.25) is 0 Å². The number of hydrogen-bond acceptors (Lipinski definition) is 20. The zero-order valence-electron chi connectivity index (χ0n) is 27.6. The van der Waals surface area contributed by atoms with Gasteiger partial charge in [-0.25, -0.2) is 28.8 Å². The van der Waals surface area contributed by atoms with Crippen LogP contribution in [0.5, 0.6) is 0 Å². The first-order chi connectivity index (χ1) is 23.0. The van der Waals surface area contributed by atoms with E-state index in [-0.39, 0.29) is 212 Å². The average molecular weight is 1050 g/mol. The number of aliphatic hydroxyl groups excluding tert-OH is 4. The van der Waals surface area contributed by atoms with Crippen molar-refractivity contribution in [3.8, 4) is 0 Å².